The summed E-state index contributed by atoms with van der Waals surface area (Å²) in [7, 11) is 4.96. The molecule has 0 aromatic heterocycles. The summed E-state index contributed by atoms with van der Waals surface area (Å²) in [4.78, 5) is 0. The van der Waals surface area contributed by atoms with Crippen LogP contribution >= 0.6 is 35.3 Å². The van der Waals surface area contributed by atoms with E-state index in [1.165, 1.54) is 23.1 Å². The van der Waals surface area contributed by atoms with Gasteiger partial charge in [-0.2, -0.15) is 0 Å². The van der Waals surface area contributed by atoms with Crippen LogP contribution in [0.1, 0.15) is 38.5 Å². The standard InChI is InChI=1S/C28H30O5S3/c1-29-24-12-19(13-25(30-2)26(24)31-3)27(36-16-18-8-5-4-6-9-18)20-14-22-23(33-17-32-22)15-21(20)28-34-10-7-11-35-28/h4-6,8-9,12-15,27-28H,7,10-11,16-17H2,1-3H3. The molecule has 5 nitrogen and oxygen atoms in total. The quantitative estimate of drug-likeness (QED) is 0.278. The van der Waals surface area contributed by atoms with Crippen LogP contribution < -0.4 is 23.7 Å². The van der Waals surface area contributed by atoms with E-state index in [-0.39, 0.29) is 12.0 Å². The lowest BCUT2D eigenvalue weighted by atomic mass is 9.98. The van der Waals surface area contributed by atoms with Crippen LogP contribution in [-0.4, -0.2) is 39.6 Å². The van der Waals surface area contributed by atoms with Crippen molar-refractivity contribution in [2.75, 3.05) is 39.6 Å². The summed E-state index contributed by atoms with van der Waals surface area (Å²) < 4.78 is 29.0. The molecule has 3 aromatic carbocycles. The van der Waals surface area contributed by atoms with Crippen molar-refractivity contribution in [3.8, 4) is 28.7 Å². The van der Waals surface area contributed by atoms with E-state index in [2.05, 4.69) is 54.6 Å². The number of fused-ring (bicyclic) bond motifs is 1. The van der Waals surface area contributed by atoms with Crippen molar-refractivity contribution >= 4 is 35.3 Å². The second-order valence-electron chi connectivity index (χ2n) is 8.40. The van der Waals surface area contributed by atoms with Crippen LogP contribution in [0.5, 0.6) is 28.7 Å². The lowest BCUT2D eigenvalue weighted by molar-refractivity contribution is 0.174. The molecule has 0 N–H and O–H groups in total. The summed E-state index contributed by atoms with van der Waals surface area (Å²) >= 11 is 5.91. The van der Waals surface area contributed by atoms with Gasteiger partial charge in [0.25, 0.3) is 0 Å². The Balaban J connectivity index is 1.64. The number of hydrogen-bond donors (Lipinski definition) is 0. The minimum Gasteiger partial charge on any atom is -0.493 e. The average Bonchev–Trinajstić information content (AvgIpc) is 3.40. The lowest BCUT2D eigenvalue weighted by Gasteiger charge is -2.28. The molecule has 0 spiro atoms. The molecule has 0 saturated carbocycles. The molecule has 0 radical (unpaired) electrons. The van der Waals surface area contributed by atoms with E-state index in [0.29, 0.717) is 21.8 Å². The maximum Gasteiger partial charge on any atom is 0.231 e. The third kappa shape index (κ3) is 5.36. The molecular formula is C28H30O5S3. The van der Waals surface area contributed by atoms with Crippen molar-refractivity contribution in [3.05, 3.63) is 76.9 Å². The normalized spacial score (nSPS) is 16.0. The van der Waals surface area contributed by atoms with Crippen LogP contribution in [-0.2, 0) is 5.75 Å². The van der Waals surface area contributed by atoms with Crippen LogP contribution in [0, 0.1) is 0 Å². The van der Waals surface area contributed by atoms with Gasteiger partial charge in [-0.3, -0.25) is 0 Å². The molecule has 1 fully saturated rings. The Morgan fingerprint density at radius 2 is 1.56 bits per heavy atom. The largest absolute Gasteiger partial charge is 0.493 e. The number of rotatable bonds is 9. The van der Waals surface area contributed by atoms with Crippen LogP contribution in [0.4, 0.5) is 0 Å². The second-order valence-corrected chi connectivity index (χ2v) is 12.2. The first-order valence-electron chi connectivity index (χ1n) is 11.8. The Morgan fingerprint density at radius 3 is 2.19 bits per heavy atom. The summed E-state index contributed by atoms with van der Waals surface area (Å²) in [6.07, 6.45) is 1.24. The molecular weight excluding hydrogens is 513 g/mol. The number of methoxy groups -OCH3 is 3. The molecule has 8 heteroatoms. The van der Waals surface area contributed by atoms with E-state index >= 15 is 0 Å². The van der Waals surface area contributed by atoms with E-state index in [4.69, 9.17) is 23.7 Å². The minimum atomic E-state index is 0.0199. The Labute approximate surface area is 225 Å². The number of thioether (sulfide) groups is 3. The van der Waals surface area contributed by atoms with Gasteiger partial charge in [-0.1, -0.05) is 30.3 Å². The van der Waals surface area contributed by atoms with Crippen molar-refractivity contribution in [3.63, 3.8) is 0 Å². The van der Waals surface area contributed by atoms with Crippen molar-refractivity contribution < 1.29 is 23.7 Å². The first-order valence-corrected chi connectivity index (χ1v) is 15.0. The molecule has 0 bridgehead atoms. The maximum absolute atomic E-state index is 5.84. The third-order valence-corrected chi connectivity index (χ3v) is 10.5. The zero-order chi connectivity index (χ0) is 24.9. The summed E-state index contributed by atoms with van der Waals surface area (Å²) in [6.45, 7) is 0.259. The van der Waals surface area contributed by atoms with Gasteiger partial charge in [0.2, 0.25) is 12.5 Å². The molecule has 36 heavy (non-hydrogen) atoms. The van der Waals surface area contributed by atoms with Gasteiger partial charge in [0.1, 0.15) is 0 Å². The van der Waals surface area contributed by atoms with Crippen molar-refractivity contribution in [1.29, 1.82) is 0 Å². The molecule has 3 aromatic rings. The smallest absolute Gasteiger partial charge is 0.231 e. The highest BCUT2D eigenvalue weighted by molar-refractivity contribution is 8.16. The molecule has 2 heterocycles. The second kappa shape index (κ2) is 11.8. The Hall–Kier alpha value is -2.29. The first-order chi connectivity index (χ1) is 17.7. The van der Waals surface area contributed by atoms with Crippen LogP contribution in [0.25, 0.3) is 0 Å². The van der Waals surface area contributed by atoms with E-state index in [0.717, 1.165) is 34.3 Å². The summed E-state index contributed by atoms with van der Waals surface area (Å²) in [6, 6.07) is 19.1. The molecule has 2 aliphatic rings. The molecule has 5 rings (SSSR count). The third-order valence-electron chi connectivity index (χ3n) is 6.19. The van der Waals surface area contributed by atoms with Gasteiger partial charge >= 0.3 is 0 Å². The van der Waals surface area contributed by atoms with Crippen molar-refractivity contribution in [2.45, 2.75) is 22.0 Å². The van der Waals surface area contributed by atoms with E-state index in [9.17, 15) is 0 Å². The molecule has 0 amide bonds. The topological polar surface area (TPSA) is 46.2 Å². The highest BCUT2D eigenvalue weighted by Crippen LogP contribution is 2.53. The van der Waals surface area contributed by atoms with Crippen LogP contribution in [0.3, 0.4) is 0 Å². The highest BCUT2D eigenvalue weighted by Gasteiger charge is 2.30. The lowest BCUT2D eigenvalue weighted by Crippen LogP contribution is -2.08. The van der Waals surface area contributed by atoms with E-state index < -0.39 is 0 Å². The predicted octanol–water partition coefficient (Wildman–Crippen LogP) is 7.33. The molecule has 1 unspecified atom stereocenters. The summed E-state index contributed by atoms with van der Waals surface area (Å²) in [5.41, 5.74) is 4.91. The average molecular weight is 543 g/mol. The Bertz CT molecular complexity index is 1160. The van der Waals surface area contributed by atoms with Gasteiger partial charge < -0.3 is 23.7 Å². The fourth-order valence-electron chi connectivity index (χ4n) is 4.44. The number of benzene rings is 3. The Kier molecular flexibility index (Phi) is 8.34. The minimum absolute atomic E-state index is 0.0199. The zero-order valence-corrected chi connectivity index (χ0v) is 23.1. The SMILES string of the molecule is COc1cc(C(SCc2ccccc2)c2cc3c(cc2C2SCCCS2)OCO3)cc(OC)c1OC. The maximum atomic E-state index is 5.84. The van der Waals surface area contributed by atoms with Crippen LogP contribution in [0.15, 0.2) is 54.6 Å². The Morgan fingerprint density at radius 1 is 0.889 bits per heavy atom. The number of ether oxygens (including phenoxy) is 5. The zero-order valence-electron chi connectivity index (χ0n) is 20.7. The van der Waals surface area contributed by atoms with Crippen molar-refractivity contribution in [2.24, 2.45) is 0 Å². The van der Waals surface area contributed by atoms with E-state index in [1.54, 1.807) is 21.3 Å². The van der Waals surface area contributed by atoms with Gasteiger partial charge in [0, 0.05) is 5.75 Å². The summed E-state index contributed by atoms with van der Waals surface area (Å²) in [5, 5.41) is 0.0199. The molecule has 0 aliphatic carbocycles. The molecule has 2 aliphatic heterocycles. The summed E-state index contributed by atoms with van der Waals surface area (Å²) in [5.74, 6) is 6.73. The fraction of sp³-hybridized carbons (Fsp3) is 0.357. The predicted molar refractivity (Wildman–Crippen MR) is 151 cm³/mol. The number of hydrogen-bond acceptors (Lipinski definition) is 8. The van der Waals surface area contributed by atoms with Crippen molar-refractivity contribution in [1.82, 2.24) is 0 Å². The molecule has 190 valence electrons. The van der Waals surface area contributed by atoms with E-state index in [1.807, 2.05) is 35.3 Å². The van der Waals surface area contributed by atoms with Gasteiger partial charge in [-0.15, -0.1) is 35.3 Å². The highest BCUT2D eigenvalue weighted by atomic mass is 32.2. The molecule has 1 saturated heterocycles. The van der Waals surface area contributed by atoms with Gasteiger partial charge in [-0.25, -0.2) is 0 Å². The fourth-order valence-corrected chi connectivity index (χ4v) is 8.67. The van der Waals surface area contributed by atoms with Gasteiger partial charge in [0.05, 0.1) is 31.2 Å². The first kappa shape index (κ1) is 25.4. The monoisotopic (exact) mass is 542 g/mol. The van der Waals surface area contributed by atoms with Crippen LogP contribution in [0.2, 0.25) is 0 Å². The van der Waals surface area contributed by atoms with Gasteiger partial charge in [-0.05, 0) is 64.4 Å². The molecule has 1 atom stereocenters. The van der Waals surface area contributed by atoms with Gasteiger partial charge in [0.15, 0.2) is 23.0 Å².